The van der Waals surface area contributed by atoms with E-state index >= 15 is 0 Å². The number of aryl methyl sites for hydroxylation is 1. The smallest absolute Gasteiger partial charge is 0.264 e. The van der Waals surface area contributed by atoms with Crippen molar-refractivity contribution in [3.05, 3.63) is 44.6 Å². The molecule has 2 aromatic heterocycles. The largest absolute Gasteiger partial charge is 0.332 e. The summed E-state index contributed by atoms with van der Waals surface area (Å²) >= 11 is 6.10. The fourth-order valence-corrected chi connectivity index (χ4v) is 4.51. The van der Waals surface area contributed by atoms with Gasteiger partial charge in [-0.3, -0.25) is 9.59 Å². The van der Waals surface area contributed by atoms with Crippen LogP contribution in [0, 0.1) is 6.92 Å². The number of hydrogen-bond donors (Lipinski definition) is 1. The van der Waals surface area contributed by atoms with Gasteiger partial charge in [-0.25, -0.2) is 4.98 Å². The van der Waals surface area contributed by atoms with Gasteiger partial charge in [0.15, 0.2) is 5.13 Å². The van der Waals surface area contributed by atoms with E-state index in [0.717, 1.165) is 19.6 Å². The molecule has 0 saturated heterocycles. The van der Waals surface area contributed by atoms with E-state index in [1.54, 1.807) is 13.1 Å². The molecule has 0 aliphatic rings. The van der Waals surface area contributed by atoms with Crippen molar-refractivity contribution in [3.63, 3.8) is 0 Å². The van der Waals surface area contributed by atoms with E-state index in [1.165, 1.54) is 27.6 Å². The fourth-order valence-electron chi connectivity index (χ4n) is 2.15. The molecule has 0 spiro atoms. The van der Waals surface area contributed by atoms with Crippen LogP contribution in [0.3, 0.4) is 0 Å². The van der Waals surface area contributed by atoms with Crippen molar-refractivity contribution in [2.45, 2.75) is 6.92 Å². The first-order valence-electron chi connectivity index (χ1n) is 7.10. The Kier molecular flexibility index (Phi) is 4.98. The summed E-state index contributed by atoms with van der Waals surface area (Å²) in [4.78, 5) is 30.8. The number of likely N-dealkylation sites (N-methyl/N-ethyl adjacent to an activating group) is 1. The van der Waals surface area contributed by atoms with Crippen LogP contribution in [0.4, 0.5) is 5.13 Å². The first-order chi connectivity index (χ1) is 11.4. The van der Waals surface area contributed by atoms with Crippen molar-refractivity contribution in [1.29, 1.82) is 0 Å². The number of amides is 2. The molecule has 1 N–H and O–H groups in total. The molecule has 3 rings (SSSR count). The molecular weight excluding hydrogens is 410 g/mol. The molecule has 0 fully saturated rings. The van der Waals surface area contributed by atoms with Gasteiger partial charge in [-0.05, 0) is 52.7 Å². The summed E-state index contributed by atoms with van der Waals surface area (Å²) < 4.78 is 1.91. The maximum atomic E-state index is 12.2. The number of hydrogen-bond acceptors (Lipinski definition) is 5. The third-order valence-electron chi connectivity index (χ3n) is 3.30. The minimum absolute atomic E-state index is 0.0245. The standard InChI is InChI=1S/C16H14BrN3O2S2/c1-9-3-4-10-12(7-9)24-16(18-10)19-14(21)8-20(2)15(22)11-5-6-13(17)23-11/h3-7H,8H2,1-2H3,(H,18,19,21). The van der Waals surface area contributed by atoms with E-state index in [1.807, 2.05) is 31.2 Å². The van der Waals surface area contributed by atoms with Gasteiger partial charge in [0.2, 0.25) is 5.91 Å². The third-order valence-corrected chi connectivity index (χ3v) is 5.85. The van der Waals surface area contributed by atoms with Crippen molar-refractivity contribution < 1.29 is 9.59 Å². The molecule has 0 saturated carbocycles. The van der Waals surface area contributed by atoms with Gasteiger partial charge in [-0.1, -0.05) is 17.4 Å². The molecule has 1 aromatic carbocycles. The highest BCUT2D eigenvalue weighted by molar-refractivity contribution is 9.11. The number of nitrogens with zero attached hydrogens (tertiary/aromatic N) is 2. The molecule has 2 amide bonds. The molecular formula is C16H14BrN3O2S2. The van der Waals surface area contributed by atoms with Crippen molar-refractivity contribution in [1.82, 2.24) is 9.88 Å². The van der Waals surface area contributed by atoms with E-state index in [9.17, 15) is 9.59 Å². The average molecular weight is 424 g/mol. The quantitative estimate of drug-likeness (QED) is 0.685. The molecule has 0 unspecified atom stereocenters. The van der Waals surface area contributed by atoms with Gasteiger partial charge >= 0.3 is 0 Å². The topological polar surface area (TPSA) is 62.3 Å². The zero-order valence-corrected chi connectivity index (χ0v) is 16.2. The molecule has 0 aliphatic heterocycles. The van der Waals surface area contributed by atoms with Crippen LogP contribution < -0.4 is 5.32 Å². The lowest BCUT2D eigenvalue weighted by Gasteiger charge is -2.15. The molecule has 0 radical (unpaired) electrons. The van der Waals surface area contributed by atoms with Gasteiger partial charge in [0.05, 0.1) is 25.4 Å². The van der Waals surface area contributed by atoms with Crippen molar-refractivity contribution in [2.75, 3.05) is 18.9 Å². The monoisotopic (exact) mass is 423 g/mol. The number of nitrogens with one attached hydrogen (secondary N) is 1. The number of carbonyl (C=O) groups excluding carboxylic acids is 2. The lowest BCUT2D eigenvalue weighted by atomic mass is 10.2. The minimum atomic E-state index is -0.266. The zero-order chi connectivity index (χ0) is 17.3. The number of thiophene rings is 1. The minimum Gasteiger partial charge on any atom is -0.332 e. The number of benzene rings is 1. The van der Waals surface area contributed by atoms with Crippen LogP contribution in [0.15, 0.2) is 34.1 Å². The molecule has 5 nitrogen and oxygen atoms in total. The van der Waals surface area contributed by atoms with Gasteiger partial charge in [0, 0.05) is 7.05 Å². The number of thiazole rings is 1. The Labute approximate surface area is 155 Å². The summed E-state index contributed by atoms with van der Waals surface area (Å²) in [6.07, 6.45) is 0. The summed E-state index contributed by atoms with van der Waals surface area (Å²) in [5, 5.41) is 3.30. The number of aromatic nitrogens is 1. The molecule has 8 heteroatoms. The average Bonchev–Trinajstić information content (AvgIpc) is 3.11. The first kappa shape index (κ1) is 17.1. The molecule has 24 heavy (non-hydrogen) atoms. The van der Waals surface area contributed by atoms with Crippen molar-refractivity contribution in [2.24, 2.45) is 0 Å². The lowest BCUT2D eigenvalue weighted by molar-refractivity contribution is -0.116. The summed E-state index contributed by atoms with van der Waals surface area (Å²) in [6.45, 7) is 1.99. The van der Waals surface area contributed by atoms with Crippen molar-refractivity contribution in [3.8, 4) is 0 Å². The van der Waals surface area contributed by atoms with Crippen LogP contribution in [0.5, 0.6) is 0 Å². The number of fused-ring (bicyclic) bond motifs is 1. The second kappa shape index (κ2) is 7.00. The van der Waals surface area contributed by atoms with Crippen LogP contribution in [0.1, 0.15) is 15.2 Å². The van der Waals surface area contributed by atoms with Crippen LogP contribution in [-0.2, 0) is 4.79 Å². The van der Waals surface area contributed by atoms with Gasteiger partial charge in [0.25, 0.3) is 5.91 Å². The zero-order valence-electron chi connectivity index (χ0n) is 13.0. The Morgan fingerprint density at radius 3 is 2.75 bits per heavy atom. The molecule has 124 valence electrons. The lowest BCUT2D eigenvalue weighted by Crippen LogP contribution is -2.34. The Hall–Kier alpha value is -1.77. The van der Waals surface area contributed by atoms with E-state index in [4.69, 9.17) is 0 Å². The first-order valence-corrected chi connectivity index (χ1v) is 9.53. The third kappa shape index (κ3) is 3.82. The van der Waals surface area contributed by atoms with Crippen molar-refractivity contribution >= 4 is 65.8 Å². The number of rotatable bonds is 4. The highest BCUT2D eigenvalue weighted by Gasteiger charge is 2.17. The predicted molar refractivity (Wildman–Crippen MR) is 102 cm³/mol. The molecule has 0 aliphatic carbocycles. The Balaban J connectivity index is 1.64. The maximum Gasteiger partial charge on any atom is 0.264 e. The van der Waals surface area contributed by atoms with Gasteiger partial charge < -0.3 is 10.2 Å². The Morgan fingerprint density at radius 1 is 1.25 bits per heavy atom. The summed E-state index contributed by atoms with van der Waals surface area (Å²) in [6, 6.07) is 9.50. The van der Waals surface area contributed by atoms with Gasteiger partial charge in [-0.15, -0.1) is 11.3 Å². The van der Waals surface area contributed by atoms with Crippen LogP contribution >= 0.6 is 38.6 Å². The summed E-state index contributed by atoms with van der Waals surface area (Å²) in [5.74, 6) is -0.446. The van der Waals surface area contributed by atoms with Crippen LogP contribution in [0.25, 0.3) is 10.2 Å². The highest BCUT2D eigenvalue weighted by atomic mass is 79.9. The predicted octanol–water partition coefficient (Wildman–Crippen LogP) is 4.14. The number of halogens is 1. The summed E-state index contributed by atoms with van der Waals surface area (Å²) in [7, 11) is 1.61. The van der Waals surface area contributed by atoms with E-state index in [2.05, 4.69) is 26.2 Å². The fraction of sp³-hybridized carbons (Fsp3) is 0.188. The molecule has 2 heterocycles. The second-order valence-electron chi connectivity index (χ2n) is 5.30. The molecule has 3 aromatic rings. The number of anilines is 1. The van der Waals surface area contributed by atoms with E-state index < -0.39 is 0 Å². The molecule has 0 atom stereocenters. The van der Waals surface area contributed by atoms with Crippen LogP contribution in [-0.4, -0.2) is 35.3 Å². The van der Waals surface area contributed by atoms with Crippen LogP contribution in [0.2, 0.25) is 0 Å². The van der Waals surface area contributed by atoms with Gasteiger partial charge in [0.1, 0.15) is 0 Å². The molecule has 0 bridgehead atoms. The highest BCUT2D eigenvalue weighted by Crippen LogP contribution is 2.27. The van der Waals surface area contributed by atoms with Gasteiger partial charge in [-0.2, -0.15) is 0 Å². The summed E-state index contributed by atoms with van der Waals surface area (Å²) in [5.41, 5.74) is 2.00. The second-order valence-corrected chi connectivity index (χ2v) is 8.80. The Morgan fingerprint density at radius 2 is 2.04 bits per heavy atom. The van der Waals surface area contributed by atoms with E-state index in [-0.39, 0.29) is 18.4 Å². The maximum absolute atomic E-state index is 12.2. The number of carbonyl (C=O) groups is 2. The SMILES string of the molecule is Cc1ccc2nc(NC(=O)CN(C)C(=O)c3ccc(Br)s3)sc2c1. The van der Waals surface area contributed by atoms with E-state index in [0.29, 0.717) is 10.0 Å². The Bertz CT molecular complexity index is 919. The normalized spacial score (nSPS) is 10.8.